The fourth-order valence-corrected chi connectivity index (χ4v) is 3.89. The number of aromatic nitrogens is 3. The number of hydrogen-bond acceptors (Lipinski definition) is 4. The first kappa shape index (κ1) is 18.3. The van der Waals surface area contributed by atoms with E-state index in [9.17, 15) is 8.42 Å². The van der Waals surface area contributed by atoms with Gasteiger partial charge in [0.25, 0.3) is 10.0 Å². The van der Waals surface area contributed by atoms with Crippen molar-refractivity contribution in [2.24, 2.45) is 0 Å². The standard InChI is InChI=1S/C20H16ClN4O2S/c1-14-5-4-12-25(13-14)20-19(22-17-6-2-3-7-18(17)23-20)24-28(26,27)16-10-8-15(21)9-11-16/h2-13H,1H3,(H,22,24)/q+1. The van der Waals surface area contributed by atoms with Crippen molar-refractivity contribution in [3.63, 3.8) is 0 Å². The summed E-state index contributed by atoms with van der Waals surface area (Å²) in [5.74, 6) is 0.532. The zero-order valence-corrected chi connectivity index (χ0v) is 16.4. The molecule has 2 aromatic heterocycles. The van der Waals surface area contributed by atoms with Crippen LogP contribution in [-0.2, 0) is 10.0 Å². The third-order valence-corrected chi connectivity index (χ3v) is 5.71. The van der Waals surface area contributed by atoms with E-state index in [2.05, 4.69) is 14.7 Å². The molecule has 0 aliphatic carbocycles. The van der Waals surface area contributed by atoms with Gasteiger partial charge in [0.1, 0.15) is 5.52 Å². The summed E-state index contributed by atoms with van der Waals surface area (Å²) >= 11 is 5.87. The highest BCUT2D eigenvalue weighted by atomic mass is 35.5. The minimum Gasteiger partial charge on any atom is -0.256 e. The summed E-state index contributed by atoms with van der Waals surface area (Å²) in [5.41, 5.74) is 2.26. The predicted molar refractivity (Wildman–Crippen MR) is 108 cm³/mol. The number of halogens is 1. The third-order valence-electron chi connectivity index (χ3n) is 4.10. The Labute approximate surface area is 167 Å². The third kappa shape index (κ3) is 3.67. The SMILES string of the molecule is Cc1ccc[n+](-c2nc3ccccc3nc2NS(=O)(=O)c2ccc(Cl)cc2)c1. The van der Waals surface area contributed by atoms with Gasteiger partial charge in [-0.25, -0.2) is 13.4 Å². The van der Waals surface area contributed by atoms with Crippen molar-refractivity contribution < 1.29 is 13.0 Å². The molecule has 4 aromatic rings. The van der Waals surface area contributed by atoms with Crippen LogP contribution in [0, 0.1) is 6.92 Å². The van der Waals surface area contributed by atoms with Crippen LogP contribution in [0.5, 0.6) is 0 Å². The summed E-state index contributed by atoms with van der Waals surface area (Å²) in [5, 5.41) is 0.459. The molecule has 2 aromatic carbocycles. The number of nitrogens with zero attached hydrogens (tertiary/aromatic N) is 3. The van der Waals surface area contributed by atoms with E-state index in [4.69, 9.17) is 11.6 Å². The molecule has 0 radical (unpaired) electrons. The van der Waals surface area contributed by atoms with E-state index in [-0.39, 0.29) is 10.7 Å². The van der Waals surface area contributed by atoms with Gasteiger partial charge in [-0.15, -0.1) is 0 Å². The van der Waals surface area contributed by atoms with Crippen molar-refractivity contribution in [3.8, 4) is 5.82 Å². The molecule has 0 atom stereocenters. The van der Waals surface area contributed by atoms with E-state index in [1.807, 2.05) is 43.5 Å². The molecule has 0 fully saturated rings. The second kappa shape index (κ2) is 7.18. The van der Waals surface area contributed by atoms with Crippen LogP contribution in [0.15, 0.2) is 78.0 Å². The van der Waals surface area contributed by atoms with Crippen molar-refractivity contribution in [2.75, 3.05) is 4.72 Å². The van der Waals surface area contributed by atoms with Gasteiger partial charge in [-0.2, -0.15) is 4.57 Å². The molecule has 6 nitrogen and oxygen atoms in total. The Balaban J connectivity index is 1.87. The predicted octanol–water partition coefficient (Wildman–Crippen LogP) is 3.67. The molecule has 0 amide bonds. The average Bonchev–Trinajstić information content (AvgIpc) is 2.67. The second-order valence-electron chi connectivity index (χ2n) is 6.23. The Hall–Kier alpha value is -3.03. The number of rotatable bonds is 4. The number of fused-ring (bicyclic) bond motifs is 1. The minimum atomic E-state index is -3.86. The molecule has 0 unspecified atom stereocenters. The molecule has 0 saturated heterocycles. The summed E-state index contributed by atoms with van der Waals surface area (Å²) in [6, 6.07) is 17.1. The molecular formula is C20H16ClN4O2S+. The lowest BCUT2D eigenvalue weighted by atomic mass is 10.3. The van der Waals surface area contributed by atoms with E-state index >= 15 is 0 Å². The van der Waals surface area contributed by atoms with Gasteiger partial charge in [-0.1, -0.05) is 29.8 Å². The smallest absolute Gasteiger partial charge is 0.256 e. The fourth-order valence-electron chi connectivity index (χ4n) is 2.76. The highest BCUT2D eigenvalue weighted by Gasteiger charge is 2.24. The van der Waals surface area contributed by atoms with E-state index in [1.165, 1.54) is 24.3 Å². The van der Waals surface area contributed by atoms with Crippen molar-refractivity contribution in [1.82, 2.24) is 9.97 Å². The van der Waals surface area contributed by atoms with Crippen molar-refractivity contribution in [2.45, 2.75) is 11.8 Å². The average molecular weight is 412 g/mol. The number of aryl methyl sites for hydroxylation is 1. The Bertz CT molecular complexity index is 1280. The quantitative estimate of drug-likeness (QED) is 0.520. The fraction of sp³-hybridized carbons (Fsp3) is 0.0500. The van der Waals surface area contributed by atoms with Crippen LogP contribution in [0.4, 0.5) is 5.82 Å². The molecule has 0 bridgehead atoms. The topological polar surface area (TPSA) is 75.8 Å². The number of anilines is 1. The lowest BCUT2D eigenvalue weighted by molar-refractivity contribution is -0.599. The second-order valence-corrected chi connectivity index (χ2v) is 8.35. The molecule has 1 N–H and O–H groups in total. The number of pyridine rings is 1. The molecule has 4 rings (SSSR count). The first-order chi connectivity index (χ1) is 13.4. The van der Waals surface area contributed by atoms with E-state index in [0.717, 1.165) is 5.56 Å². The number of hydrogen-bond donors (Lipinski definition) is 1. The monoisotopic (exact) mass is 411 g/mol. The molecule has 2 heterocycles. The Morgan fingerprint density at radius 3 is 2.29 bits per heavy atom. The summed E-state index contributed by atoms with van der Waals surface area (Å²) < 4.78 is 30.0. The highest BCUT2D eigenvalue weighted by molar-refractivity contribution is 7.92. The van der Waals surface area contributed by atoms with Crippen LogP contribution in [0.25, 0.3) is 16.9 Å². The zero-order valence-electron chi connectivity index (χ0n) is 14.9. The Morgan fingerprint density at radius 1 is 0.929 bits per heavy atom. The van der Waals surface area contributed by atoms with Gasteiger partial charge >= 0.3 is 5.82 Å². The highest BCUT2D eigenvalue weighted by Crippen LogP contribution is 2.21. The Morgan fingerprint density at radius 2 is 1.61 bits per heavy atom. The van der Waals surface area contributed by atoms with Crippen molar-refractivity contribution in [3.05, 3.63) is 83.6 Å². The van der Waals surface area contributed by atoms with Gasteiger partial charge in [0.2, 0.25) is 11.3 Å². The molecule has 0 aliphatic rings. The maximum Gasteiger partial charge on any atom is 0.372 e. The van der Waals surface area contributed by atoms with E-state index in [1.54, 1.807) is 16.8 Å². The van der Waals surface area contributed by atoms with Crippen LogP contribution in [-0.4, -0.2) is 18.4 Å². The number of benzene rings is 2. The van der Waals surface area contributed by atoms with Crippen molar-refractivity contribution >= 4 is 38.5 Å². The van der Waals surface area contributed by atoms with Crippen LogP contribution in [0.1, 0.15) is 5.56 Å². The molecule has 140 valence electrons. The normalized spacial score (nSPS) is 11.5. The van der Waals surface area contributed by atoms with Gasteiger partial charge in [0.15, 0.2) is 0 Å². The summed E-state index contributed by atoms with van der Waals surface area (Å²) in [4.78, 5) is 9.23. The van der Waals surface area contributed by atoms with Gasteiger partial charge in [-0.05, 0) is 59.9 Å². The molecule has 0 saturated carbocycles. The first-order valence-electron chi connectivity index (χ1n) is 8.46. The molecule has 8 heteroatoms. The van der Waals surface area contributed by atoms with Gasteiger partial charge in [-0.3, -0.25) is 4.72 Å². The van der Waals surface area contributed by atoms with Crippen LogP contribution in [0.2, 0.25) is 5.02 Å². The maximum absolute atomic E-state index is 12.9. The summed E-state index contributed by atoms with van der Waals surface area (Å²) in [7, 11) is -3.86. The van der Waals surface area contributed by atoms with Gasteiger partial charge in [0.05, 0.1) is 17.3 Å². The van der Waals surface area contributed by atoms with Gasteiger partial charge in [0, 0.05) is 5.02 Å². The number of para-hydroxylation sites is 2. The molecular weight excluding hydrogens is 396 g/mol. The summed E-state index contributed by atoms with van der Waals surface area (Å²) in [6.07, 6.45) is 3.66. The minimum absolute atomic E-state index is 0.0899. The van der Waals surface area contributed by atoms with E-state index < -0.39 is 10.0 Å². The van der Waals surface area contributed by atoms with Crippen LogP contribution in [0.3, 0.4) is 0 Å². The van der Waals surface area contributed by atoms with Crippen molar-refractivity contribution in [1.29, 1.82) is 0 Å². The molecule has 0 spiro atoms. The number of sulfonamides is 1. The lowest BCUT2D eigenvalue weighted by Crippen LogP contribution is -2.33. The Kier molecular flexibility index (Phi) is 4.70. The lowest BCUT2D eigenvalue weighted by Gasteiger charge is -2.09. The van der Waals surface area contributed by atoms with E-state index in [0.29, 0.717) is 21.9 Å². The van der Waals surface area contributed by atoms with Crippen LogP contribution >= 0.6 is 11.6 Å². The maximum atomic E-state index is 12.9. The largest absolute Gasteiger partial charge is 0.372 e. The molecule has 0 aliphatic heterocycles. The number of nitrogens with one attached hydrogen (secondary N) is 1. The molecule has 28 heavy (non-hydrogen) atoms. The summed E-state index contributed by atoms with van der Waals surface area (Å²) in [6.45, 7) is 1.95. The zero-order chi connectivity index (χ0) is 19.7. The van der Waals surface area contributed by atoms with Gasteiger partial charge < -0.3 is 0 Å². The first-order valence-corrected chi connectivity index (χ1v) is 10.3. The van der Waals surface area contributed by atoms with Crippen LogP contribution < -0.4 is 9.29 Å².